The normalized spacial score (nSPS) is 26.7. The van der Waals surface area contributed by atoms with Crippen molar-refractivity contribution in [3.05, 3.63) is 53.6 Å². The van der Waals surface area contributed by atoms with Gasteiger partial charge in [0, 0.05) is 13.0 Å². The second-order valence-electron chi connectivity index (χ2n) is 9.41. The molecule has 176 valence electrons. The molecule has 2 aliphatic heterocycles. The molecule has 4 atom stereocenters. The maximum atomic E-state index is 12.9. The first-order valence-corrected chi connectivity index (χ1v) is 12.0. The maximum absolute atomic E-state index is 12.9. The van der Waals surface area contributed by atoms with Crippen LogP contribution in [-0.2, 0) is 19.2 Å². The molecule has 0 unspecified atom stereocenters. The van der Waals surface area contributed by atoms with Crippen LogP contribution >= 0.6 is 11.6 Å². The number of hydrogen-bond donors (Lipinski definition) is 0. The molecule has 1 aliphatic carbocycles. The molecule has 0 N–H and O–H groups in total. The smallest absolute Gasteiger partial charge is 0.316 e. The highest BCUT2D eigenvalue weighted by molar-refractivity contribution is 6.33. The lowest BCUT2D eigenvalue weighted by Crippen LogP contribution is -2.30. The topological polar surface area (TPSA) is 84.0 Å². The number of carbonyl (C=O) groups excluding carboxylic acids is 4. The van der Waals surface area contributed by atoms with Crippen LogP contribution in [0.4, 0.5) is 11.4 Å². The molecule has 0 bridgehead atoms. The van der Waals surface area contributed by atoms with Crippen molar-refractivity contribution < 1.29 is 23.9 Å². The number of fused-ring (bicyclic) bond motifs is 1. The lowest BCUT2D eigenvalue weighted by Gasteiger charge is -2.25. The Bertz CT molecular complexity index is 1160. The maximum Gasteiger partial charge on any atom is 0.316 e. The van der Waals surface area contributed by atoms with Crippen LogP contribution in [0.5, 0.6) is 5.75 Å². The molecule has 2 heterocycles. The molecule has 5 rings (SSSR count). The van der Waals surface area contributed by atoms with E-state index in [0.29, 0.717) is 28.1 Å². The molecular weight excluding hydrogens is 456 g/mol. The number of anilines is 2. The summed E-state index contributed by atoms with van der Waals surface area (Å²) in [4.78, 5) is 53.7. The standard InChI is InChI=1S/C26H25ClN2O5/c1-15-6-11-19-20(12-15)25(32)29(24(19)31)17-7-9-18(10-8-17)34-26(33)16-13-23(30)28(14-16)22-5-3-2-4-21(22)27/h2-5,7-10,15-16,19-20H,6,11-14H2,1H3/t15-,16+,19+,20-/m1/s1. The number of ether oxygens (including phenoxy) is 1. The second-order valence-corrected chi connectivity index (χ2v) is 9.82. The van der Waals surface area contributed by atoms with Crippen LogP contribution in [0.3, 0.4) is 0 Å². The highest BCUT2D eigenvalue weighted by atomic mass is 35.5. The Balaban J connectivity index is 1.25. The molecule has 1 saturated carbocycles. The van der Waals surface area contributed by atoms with Crippen LogP contribution in [0.1, 0.15) is 32.6 Å². The zero-order chi connectivity index (χ0) is 24.0. The third-order valence-corrected chi connectivity index (χ3v) is 7.42. The van der Waals surface area contributed by atoms with Gasteiger partial charge in [0.1, 0.15) is 5.75 Å². The highest BCUT2D eigenvalue weighted by Crippen LogP contribution is 2.42. The van der Waals surface area contributed by atoms with Gasteiger partial charge in [0.15, 0.2) is 0 Å². The average Bonchev–Trinajstić information content (AvgIpc) is 3.32. The predicted molar refractivity (Wildman–Crippen MR) is 126 cm³/mol. The van der Waals surface area contributed by atoms with Crippen molar-refractivity contribution in [1.29, 1.82) is 0 Å². The Hall–Kier alpha value is -3.19. The number of rotatable bonds is 4. The molecule has 34 heavy (non-hydrogen) atoms. The van der Waals surface area contributed by atoms with E-state index in [2.05, 4.69) is 6.92 Å². The summed E-state index contributed by atoms with van der Waals surface area (Å²) in [7, 11) is 0. The Morgan fingerprint density at radius 1 is 0.971 bits per heavy atom. The van der Waals surface area contributed by atoms with E-state index in [-0.39, 0.29) is 42.5 Å². The molecular formula is C26H25ClN2O5. The van der Waals surface area contributed by atoms with Gasteiger partial charge in [-0.25, -0.2) is 0 Å². The van der Waals surface area contributed by atoms with Gasteiger partial charge in [-0.15, -0.1) is 0 Å². The summed E-state index contributed by atoms with van der Waals surface area (Å²) in [6.45, 7) is 2.31. The molecule has 0 radical (unpaired) electrons. The van der Waals surface area contributed by atoms with Crippen molar-refractivity contribution in [2.45, 2.75) is 32.6 Å². The van der Waals surface area contributed by atoms with E-state index < -0.39 is 11.9 Å². The number of carbonyl (C=O) groups is 4. The molecule has 0 spiro atoms. The summed E-state index contributed by atoms with van der Waals surface area (Å²) in [5.74, 6) is -1.34. The van der Waals surface area contributed by atoms with Gasteiger partial charge < -0.3 is 9.64 Å². The number of hydrogen-bond acceptors (Lipinski definition) is 5. The van der Waals surface area contributed by atoms with Gasteiger partial charge in [0.25, 0.3) is 0 Å². The van der Waals surface area contributed by atoms with E-state index in [1.165, 1.54) is 9.80 Å². The third-order valence-electron chi connectivity index (χ3n) is 7.10. The van der Waals surface area contributed by atoms with Crippen LogP contribution in [0.25, 0.3) is 0 Å². The second kappa shape index (κ2) is 8.87. The van der Waals surface area contributed by atoms with Crippen LogP contribution < -0.4 is 14.5 Å². The van der Waals surface area contributed by atoms with Gasteiger partial charge in [-0.2, -0.15) is 0 Å². The number of amides is 3. The molecule has 2 aromatic carbocycles. The minimum Gasteiger partial charge on any atom is -0.426 e. The van der Waals surface area contributed by atoms with Crippen LogP contribution in [0.15, 0.2) is 48.5 Å². The van der Waals surface area contributed by atoms with Crippen molar-refractivity contribution >= 4 is 46.7 Å². The van der Waals surface area contributed by atoms with Crippen molar-refractivity contribution in [2.75, 3.05) is 16.3 Å². The Morgan fingerprint density at radius 3 is 2.41 bits per heavy atom. The molecule has 0 aromatic heterocycles. The first-order valence-electron chi connectivity index (χ1n) is 11.6. The number of imide groups is 1. The van der Waals surface area contributed by atoms with Gasteiger partial charge >= 0.3 is 5.97 Å². The monoisotopic (exact) mass is 480 g/mol. The number of halogens is 1. The van der Waals surface area contributed by atoms with Crippen molar-refractivity contribution in [3.8, 4) is 5.75 Å². The van der Waals surface area contributed by atoms with Crippen LogP contribution in [0, 0.1) is 23.7 Å². The Kier molecular flexibility index (Phi) is 5.90. The van der Waals surface area contributed by atoms with E-state index in [9.17, 15) is 19.2 Å². The minimum atomic E-state index is -0.615. The van der Waals surface area contributed by atoms with Gasteiger partial charge in [-0.1, -0.05) is 30.7 Å². The van der Waals surface area contributed by atoms with Crippen molar-refractivity contribution in [1.82, 2.24) is 0 Å². The molecule has 3 aliphatic rings. The van der Waals surface area contributed by atoms with Crippen molar-refractivity contribution in [3.63, 3.8) is 0 Å². The molecule has 3 amide bonds. The summed E-state index contributed by atoms with van der Waals surface area (Å²) in [5.41, 5.74) is 1.06. The quantitative estimate of drug-likeness (QED) is 0.371. The SMILES string of the molecule is C[C@@H]1CC[C@@H]2C(=O)N(c3ccc(OC(=O)[C@H]4CC(=O)N(c5ccccc5Cl)C4)cc3)C(=O)[C@@H]2C1. The lowest BCUT2D eigenvalue weighted by molar-refractivity contribution is -0.139. The van der Waals surface area contributed by atoms with E-state index in [1.807, 2.05) is 0 Å². The Labute approximate surface area is 202 Å². The van der Waals surface area contributed by atoms with E-state index >= 15 is 0 Å². The number of nitrogens with zero attached hydrogens (tertiary/aromatic N) is 2. The molecule has 2 aromatic rings. The van der Waals surface area contributed by atoms with Crippen LogP contribution in [-0.4, -0.2) is 30.2 Å². The zero-order valence-corrected chi connectivity index (χ0v) is 19.5. The van der Waals surface area contributed by atoms with E-state index in [0.717, 1.165) is 19.3 Å². The largest absolute Gasteiger partial charge is 0.426 e. The number of esters is 1. The fraction of sp³-hybridized carbons (Fsp3) is 0.385. The fourth-order valence-electron chi connectivity index (χ4n) is 5.28. The van der Waals surface area contributed by atoms with Gasteiger partial charge in [-0.05, 0) is 61.6 Å². The Morgan fingerprint density at radius 2 is 1.68 bits per heavy atom. The zero-order valence-electron chi connectivity index (χ0n) is 18.8. The summed E-state index contributed by atoms with van der Waals surface area (Å²) >= 11 is 6.20. The van der Waals surface area contributed by atoms with Gasteiger partial charge in [-0.3, -0.25) is 24.1 Å². The molecule has 8 heteroatoms. The van der Waals surface area contributed by atoms with Crippen LogP contribution in [0.2, 0.25) is 5.02 Å². The highest BCUT2D eigenvalue weighted by Gasteiger charge is 2.50. The van der Waals surface area contributed by atoms with E-state index in [4.69, 9.17) is 16.3 Å². The summed E-state index contributed by atoms with van der Waals surface area (Å²) in [6, 6.07) is 13.4. The number of para-hydroxylation sites is 1. The minimum absolute atomic E-state index is 0.0418. The first-order chi connectivity index (χ1) is 16.3. The first kappa shape index (κ1) is 22.6. The number of benzene rings is 2. The fourth-order valence-corrected chi connectivity index (χ4v) is 5.51. The van der Waals surface area contributed by atoms with E-state index in [1.54, 1.807) is 48.5 Å². The average molecular weight is 481 g/mol. The molecule has 2 saturated heterocycles. The molecule has 3 fully saturated rings. The van der Waals surface area contributed by atoms with Gasteiger partial charge in [0.05, 0.1) is 34.2 Å². The summed E-state index contributed by atoms with van der Waals surface area (Å²) in [6.07, 6.45) is 2.49. The van der Waals surface area contributed by atoms with Crippen molar-refractivity contribution in [2.24, 2.45) is 23.7 Å². The van der Waals surface area contributed by atoms with Gasteiger partial charge in [0.2, 0.25) is 17.7 Å². The molecule has 7 nitrogen and oxygen atoms in total. The lowest BCUT2D eigenvalue weighted by atomic mass is 9.76. The predicted octanol–water partition coefficient (Wildman–Crippen LogP) is 4.22. The summed E-state index contributed by atoms with van der Waals surface area (Å²) < 4.78 is 5.50. The third kappa shape index (κ3) is 3.98. The summed E-state index contributed by atoms with van der Waals surface area (Å²) in [5, 5.41) is 0.445.